The zero-order valence-electron chi connectivity index (χ0n) is 12.8. The minimum absolute atomic E-state index is 0.0821. The highest BCUT2D eigenvalue weighted by Gasteiger charge is 2.08. The van der Waals surface area contributed by atoms with E-state index in [0.717, 1.165) is 23.5 Å². The quantitative estimate of drug-likeness (QED) is 0.773. The average Bonchev–Trinajstić information content (AvgIpc) is 2.47. The Kier molecular flexibility index (Phi) is 5.27. The molecule has 0 aliphatic rings. The number of nitrogens with two attached hydrogens (primary N) is 1. The Morgan fingerprint density at radius 3 is 2.19 bits per heavy atom. The van der Waals surface area contributed by atoms with Crippen molar-refractivity contribution in [3.05, 3.63) is 58.6 Å². The van der Waals surface area contributed by atoms with Crippen molar-refractivity contribution in [3.8, 4) is 11.5 Å². The van der Waals surface area contributed by atoms with Crippen molar-refractivity contribution in [2.45, 2.75) is 39.2 Å². The monoisotopic (exact) mass is 303 g/mol. The molecule has 2 aromatic carbocycles. The van der Waals surface area contributed by atoms with Crippen LogP contribution in [0.15, 0.2) is 42.5 Å². The van der Waals surface area contributed by atoms with E-state index in [1.165, 1.54) is 5.56 Å². The van der Waals surface area contributed by atoms with Gasteiger partial charge in [0.15, 0.2) is 0 Å². The van der Waals surface area contributed by atoms with E-state index >= 15 is 0 Å². The van der Waals surface area contributed by atoms with Crippen LogP contribution in [-0.2, 0) is 0 Å². The molecule has 3 heteroatoms. The van der Waals surface area contributed by atoms with Gasteiger partial charge in [0.05, 0.1) is 0 Å². The van der Waals surface area contributed by atoms with E-state index < -0.39 is 0 Å². The molecule has 112 valence electrons. The highest BCUT2D eigenvalue weighted by molar-refractivity contribution is 6.31. The fourth-order valence-corrected chi connectivity index (χ4v) is 2.52. The summed E-state index contributed by atoms with van der Waals surface area (Å²) in [7, 11) is 0. The van der Waals surface area contributed by atoms with Gasteiger partial charge in [-0.15, -0.1) is 0 Å². The predicted molar refractivity (Wildman–Crippen MR) is 89.3 cm³/mol. The molecule has 0 bridgehead atoms. The van der Waals surface area contributed by atoms with Crippen molar-refractivity contribution in [2.24, 2.45) is 5.73 Å². The number of halogens is 1. The van der Waals surface area contributed by atoms with E-state index in [0.29, 0.717) is 10.9 Å². The molecule has 0 amide bonds. The Balaban J connectivity index is 2.13. The third kappa shape index (κ3) is 3.99. The third-order valence-electron chi connectivity index (χ3n) is 3.76. The normalized spacial score (nSPS) is 13.8. The van der Waals surface area contributed by atoms with Gasteiger partial charge in [0.1, 0.15) is 11.5 Å². The Hall–Kier alpha value is -1.51. The molecule has 21 heavy (non-hydrogen) atoms. The molecule has 0 spiro atoms. The maximum atomic E-state index is 6.22. The second-order valence-electron chi connectivity index (χ2n) is 5.45. The molecular formula is C18H22ClNO. The van der Waals surface area contributed by atoms with E-state index in [1.54, 1.807) is 0 Å². The van der Waals surface area contributed by atoms with Gasteiger partial charge in [0.25, 0.3) is 0 Å². The van der Waals surface area contributed by atoms with E-state index in [2.05, 4.69) is 26.0 Å². The van der Waals surface area contributed by atoms with Crippen LogP contribution in [0.4, 0.5) is 0 Å². The van der Waals surface area contributed by atoms with Gasteiger partial charge >= 0.3 is 0 Å². The van der Waals surface area contributed by atoms with Crippen molar-refractivity contribution in [1.82, 2.24) is 0 Å². The standard InChI is InChI=1S/C18H22ClNO/c1-4-12(2)14-5-7-15(8-6-14)21-16-9-10-17(13(3)20)18(19)11-16/h5-13H,4,20H2,1-3H3. The maximum Gasteiger partial charge on any atom is 0.128 e. The summed E-state index contributed by atoms with van der Waals surface area (Å²) in [4.78, 5) is 0. The van der Waals surface area contributed by atoms with Crippen LogP contribution in [-0.4, -0.2) is 0 Å². The summed E-state index contributed by atoms with van der Waals surface area (Å²) in [5.41, 5.74) is 8.11. The van der Waals surface area contributed by atoms with Crippen LogP contribution in [0.5, 0.6) is 11.5 Å². The van der Waals surface area contributed by atoms with Gasteiger partial charge in [-0.2, -0.15) is 0 Å². The van der Waals surface area contributed by atoms with E-state index in [4.69, 9.17) is 22.1 Å². The number of hydrogen-bond acceptors (Lipinski definition) is 2. The van der Waals surface area contributed by atoms with Gasteiger partial charge in [-0.3, -0.25) is 0 Å². The van der Waals surface area contributed by atoms with E-state index in [-0.39, 0.29) is 6.04 Å². The van der Waals surface area contributed by atoms with Crippen molar-refractivity contribution < 1.29 is 4.74 Å². The number of benzene rings is 2. The van der Waals surface area contributed by atoms with Crippen LogP contribution in [0.25, 0.3) is 0 Å². The molecule has 0 heterocycles. The molecule has 0 fully saturated rings. The molecule has 0 aromatic heterocycles. The summed E-state index contributed by atoms with van der Waals surface area (Å²) < 4.78 is 5.84. The summed E-state index contributed by atoms with van der Waals surface area (Å²) in [6, 6.07) is 13.7. The lowest BCUT2D eigenvalue weighted by Crippen LogP contribution is -2.05. The van der Waals surface area contributed by atoms with Crippen LogP contribution in [0, 0.1) is 0 Å². The maximum absolute atomic E-state index is 6.22. The molecule has 0 aliphatic heterocycles. The first-order chi connectivity index (χ1) is 10.0. The largest absolute Gasteiger partial charge is 0.457 e. The Morgan fingerprint density at radius 2 is 1.67 bits per heavy atom. The topological polar surface area (TPSA) is 35.2 Å². The van der Waals surface area contributed by atoms with Gasteiger partial charge in [-0.1, -0.05) is 43.6 Å². The van der Waals surface area contributed by atoms with Crippen molar-refractivity contribution in [2.75, 3.05) is 0 Å². The minimum atomic E-state index is -0.0821. The van der Waals surface area contributed by atoms with Crippen LogP contribution >= 0.6 is 11.6 Å². The van der Waals surface area contributed by atoms with Gasteiger partial charge in [-0.05, 0) is 54.7 Å². The summed E-state index contributed by atoms with van der Waals surface area (Å²) in [6.45, 7) is 6.33. The number of rotatable bonds is 5. The van der Waals surface area contributed by atoms with Crippen LogP contribution in [0.1, 0.15) is 50.3 Å². The highest BCUT2D eigenvalue weighted by Crippen LogP contribution is 2.30. The fourth-order valence-electron chi connectivity index (χ4n) is 2.18. The molecule has 0 saturated heterocycles. The van der Waals surface area contributed by atoms with Crippen LogP contribution in [0.3, 0.4) is 0 Å². The molecule has 2 N–H and O–H groups in total. The molecule has 2 aromatic rings. The van der Waals surface area contributed by atoms with Gasteiger partial charge in [0, 0.05) is 11.1 Å². The smallest absolute Gasteiger partial charge is 0.128 e. The first-order valence-corrected chi connectivity index (χ1v) is 7.72. The van der Waals surface area contributed by atoms with Crippen molar-refractivity contribution in [1.29, 1.82) is 0 Å². The lowest BCUT2D eigenvalue weighted by Gasteiger charge is -2.12. The first-order valence-electron chi connectivity index (χ1n) is 7.34. The predicted octanol–water partition coefficient (Wildman–Crippen LogP) is 5.67. The summed E-state index contributed by atoms with van der Waals surface area (Å²) in [5.74, 6) is 2.10. The minimum Gasteiger partial charge on any atom is -0.457 e. The molecule has 0 saturated carbocycles. The fraction of sp³-hybridized carbons (Fsp3) is 0.333. The number of hydrogen-bond donors (Lipinski definition) is 1. The second kappa shape index (κ2) is 6.97. The van der Waals surface area contributed by atoms with Gasteiger partial charge in [0.2, 0.25) is 0 Å². The second-order valence-corrected chi connectivity index (χ2v) is 5.86. The lowest BCUT2D eigenvalue weighted by molar-refractivity contribution is 0.482. The summed E-state index contributed by atoms with van der Waals surface area (Å²) in [5, 5.41) is 0.638. The summed E-state index contributed by atoms with van der Waals surface area (Å²) >= 11 is 6.22. The average molecular weight is 304 g/mol. The van der Waals surface area contributed by atoms with Crippen molar-refractivity contribution >= 4 is 11.6 Å². The first kappa shape index (κ1) is 15.9. The number of ether oxygens (including phenoxy) is 1. The van der Waals surface area contributed by atoms with Gasteiger partial charge < -0.3 is 10.5 Å². The Morgan fingerprint density at radius 1 is 1.05 bits per heavy atom. The Bertz CT molecular complexity index is 593. The molecule has 2 atom stereocenters. The van der Waals surface area contributed by atoms with Crippen LogP contribution in [0.2, 0.25) is 5.02 Å². The summed E-state index contributed by atoms with van der Waals surface area (Å²) in [6.07, 6.45) is 1.13. The molecule has 2 unspecified atom stereocenters. The zero-order chi connectivity index (χ0) is 15.4. The molecule has 2 rings (SSSR count). The van der Waals surface area contributed by atoms with Gasteiger partial charge in [-0.25, -0.2) is 0 Å². The molecule has 2 nitrogen and oxygen atoms in total. The SMILES string of the molecule is CCC(C)c1ccc(Oc2ccc(C(C)N)c(Cl)c2)cc1. The lowest BCUT2D eigenvalue weighted by atomic mass is 9.99. The van der Waals surface area contributed by atoms with Crippen molar-refractivity contribution in [3.63, 3.8) is 0 Å². The van der Waals surface area contributed by atoms with E-state index in [9.17, 15) is 0 Å². The Labute approximate surface area is 131 Å². The molecule has 0 radical (unpaired) electrons. The highest BCUT2D eigenvalue weighted by atomic mass is 35.5. The third-order valence-corrected chi connectivity index (χ3v) is 4.09. The molecular weight excluding hydrogens is 282 g/mol. The van der Waals surface area contributed by atoms with E-state index in [1.807, 2.05) is 37.3 Å². The molecule has 0 aliphatic carbocycles. The zero-order valence-corrected chi connectivity index (χ0v) is 13.5. The van der Waals surface area contributed by atoms with Crippen LogP contribution < -0.4 is 10.5 Å².